The van der Waals surface area contributed by atoms with E-state index in [4.69, 9.17) is 9.40 Å². The number of hydrogen-bond acceptors (Lipinski definition) is 2. The molecular weight excluding hydrogens is 464 g/mol. The minimum Gasteiger partial charge on any atom is -0.455 e. The number of rotatable bonds is 2. The molecule has 180 valence electrons. The molecule has 8 aromatic rings. The van der Waals surface area contributed by atoms with Gasteiger partial charge in [0, 0.05) is 32.8 Å². The van der Waals surface area contributed by atoms with Crippen LogP contribution >= 0.6 is 0 Å². The minimum atomic E-state index is 0.920. The SMILES string of the molecule is Cc1nc2c3ccccc3c3cc(-c4cccc(-c5cccc6c5oc5ccccc56)c4)ccc3n2c1C. The van der Waals surface area contributed by atoms with Gasteiger partial charge in [0.25, 0.3) is 0 Å². The molecule has 0 spiro atoms. The molecule has 3 aromatic heterocycles. The summed E-state index contributed by atoms with van der Waals surface area (Å²) in [4.78, 5) is 4.91. The maximum absolute atomic E-state index is 6.33. The van der Waals surface area contributed by atoms with Crippen LogP contribution in [-0.4, -0.2) is 9.38 Å². The Hall–Kier alpha value is -4.89. The average molecular weight is 489 g/mol. The predicted octanol–water partition coefficient (Wildman–Crippen LogP) is 9.49. The zero-order valence-electron chi connectivity index (χ0n) is 21.2. The van der Waals surface area contributed by atoms with Gasteiger partial charge in [-0.1, -0.05) is 84.9 Å². The lowest BCUT2D eigenvalue weighted by Gasteiger charge is -2.12. The fourth-order valence-electron chi connectivity index (χ4n) is 5.97. The molecule has 0 aliphatic carbocycles. The summed E-state index contributed by atoms with van der Waals surface area (Å²) >= 11 is 0. The molecular formula is C35H24N2O. The summed E-state index contributed by atoms with van der Waals surface area (Å²) in [6.45, 7) is 4.24. The number of nitrogens with zero attached hydrogens (tertiary/aromatic N) is 2. The fraction of sp³-hybridized carbons (Fsp3) is 0.0571. The topological polar surface area (TPSA) is 30.4 Å². The Kier molecular flexibility index (Phi) is 4.36. The third-order valence-corrected chi connectivity index (χ3v) is 7.95. The number of benzene rings is 5. The average Bonchev–Trinajstić information content (AvgIpc) is 3.50. The molecule has 8 rings (SSSR count). The first-order chi connectivity index (χ1) is 18.7. The van der Waals surface area contributed by atoms with Crippen molar-refractivity contribution in [1.29, 1.82) is 0 Å². The van der Waals surface area contributed by atoms with Crippen molar-refractivity contribution in [2.45, 2.75) is 13.8 Å². The lowest BCUT2D eigenvalue weighted by atomic mass is 9.96. The van der Waals surface area contributed by atoms with Crippen LogP contribution in [0.25, 0.3) is 71.5 Å². The van der Waals surface area contributed by atoms with Crippen LogP contribution in [0.2, 0.25) is 0 Å². The zero-order valence-corrected chi connectivity index (χ0v) is 21.2. The maximum Gasteiger partial charge on any atom is 0.145 e. The molecule has 0 bridgehead atoms. The number of furan rings is 1. The van der Waals surface area contributed by atoms with E-state index in [-0.39, 0.29) is 0 Å². The van der Waals surface area contributed by atoms with Gasteiger partial charge in [-0.05, 0) is 60.2 Å². The van der Waals surface area contributed by atoms with Crippen molar-refractivity contribution in [3.8, 4) is 22.3 Å². The molecule has 0 aliphatic rings. The van der Waals surface area contributed by atoms with E-state index < -0.39 is 0 Å². The molecule has 0 N–H and O–H groups in total. The normalized spacial score (nSPS) is 11.9. The number of para-hydroxylation sites is 2. The summed E-state index contributed by atoms with van der Waals surface area (Å²) in [6.07, 6.45) is 0. The van der Waals surface area contributed by atoms with Gasteiger partial charge in [-0.3, -0.25) is 4.40 Å². The van der Waals surface area contributed by atoms with Gasteiger partial charge in [0.15, 0.2) is 0 Å². The van der Waals surface area contributed by atoms with Gasteiger partial charge in [0.2, 0.25) is 0 Å². The van der Waals surface area contributed by atoms with E-state index in [0.29, 0.717) is 0 Å². The van der Waals surface area contributed by atoms with E-state index in [2.05, 4.69) is 115 Å². The number of imidazole rings is 1. The van der Waals surface area contributed by atoms with Crippen molar-refractivity contribution in [3.63, 3.8) is 0 Å². The quantitative estimate of drug-likeness (QED) is 0.227. The Morgan fingerprint density at radius 1 is 0.579 bits per heavy atom. The smallest absolute Gasteiger partial charge is 0.145 e. The maximum atomic E-state index is 6.33. The van der Waals surface area contributed by atoms with Crippen LogP contribution in [0.4, 0.5) is 0 Å². The molecule has 0 radical (unpaired) electrons. The lowest BCUT2D eigenvalue weighted by molar-refractivity contribution is 0.670. The number of fused-ring (bicyclic) bond motifs is 9. The molecule has 3 heterocycles. The van der Waals surface area contributed by atoms with Crippen LogP contribution in [-0.2, 0) is 0 Å². The highest BCUT2D eigenvalue weighted by Crippen LogP contribution is 2.38. The molecule has 0 unspecified atom stereocenters. The first-order valence-corrected chi connectivity index (χ1v) is 13.0. The Morgan fingerprint density at radius 3 is 2.18 bits per heavy atom. The Morgan fingerprint density at radius 2 is 1.29 bits per heavy atom. The van der Waals surface area contributed by atoms with E-state index in [0.717, 1.165) is 44.4 Å². The second kappa shape index (κ2) is 7.80. The van der Waals surface area contributed by atoms with E-state index in [1.807, 2.05) is 12.1 Å². The zero-order chi connectivity index (χ0) is 25.4. The molecule has 0 fully saturated rings. The van der Waals surface area contributed by atoms with E-state index in [9.17, 15) is 0 Å². The van der Waals surface area contributed by atoms with Crippen molar-refractivity contribution in [3.05, 3.63) is 121 Å². The van der Waals surface area contributed by atoms with Gasteiger partial charge in [-0.15, -0.1) is 0 Å². The van der Waals surface area contributed by atoms with E-state index >= 15 is 0 Å². The standard InChI is InChI=1S/C35H24N2O/c1-21-22(2)37-32-18-17-24(20-31(32)27-11-3-4-13-30(27)35(37)36-21)23-9-7-10-25(19-23)26-14-8-15-29-28-12-5-6-16-33(28)38-34(26)29/h3-20H,1-2H3. The van der Waals surface area contributed by atoms with E-state index in [1.54, 1.807) is 0 Å². The molecule has 5 aromatic carbocycles. The Labute approximate surface area is 219 Å². The fourth-order valence-corrected chi connectivity index (χ4v) is 5.97. The second-order valence-electron chi connectivity index (χ2n) is 10.1. The van der Waals surface area contributed by atoms with Crippen LogP contribution in [0.1, 0.15) is 11.4 Å². The van der Waals surface area contributed by atoms with E-state index in [1.165, 1.54) is 38.5 Å². The highest BCUT2D eigenvalue weighted by atomic mass is 16.3. The number of hydrogen-bond donors (Lipinski definition) is 0. The molecule has 3 heteroatoms. The molecule has 0 atom stereocenters. The van der Waals surface area contributed by atoms with Crippen molar-refractivity contribution in [2.24, 2.45) is 0 Å². The third-order valence-electron chi connectivity index (χ3n) is 7.95. The van der Waals surface area contributed by atoms with Crippen molar-refractivity contribution in [2.75, 3.05) is 0 Å². The summed E-state index contributed by atoms with van der Waals surface area (Å²) in [5, 5.41) is 5.94. The van der Waals surface area contributed by atoms with Crippen LogP contribution in [0, 0.1) is 13.8 Å². The monoisotopic (exact) mass is 488 g/mol. The first kappa shape index (κ1) is 21.2. The van der Waals surface area contributed by atoms with Crippen LogP contribution in [0.3, 0.4) is 0 Å². The summed E-state index contributed by atoms with van der Waals surface area (Å²) in [7, 11) is 0. The van der Waals surface area contributed by atoms with Gasteiger partial charge < -0.3 is 4.42 Å². The number of aryl methyl sites for hydroxylation is 2. The van der Waals surface area contributed by atoms with Gasteiger partial charge in [-0.2, -0.15) is 0 Å². The summed E-state index contributed by atoms with van der Waals surface area (Å²) < 4.78 is 8.64. The van der Waals surface area contributed by atoms with Gasteiger partial charge >= 0.3 is 0 Å². The van der Waals surface area contributed by atoms with Gasteiger partial charge in [-0.25, -0.2) is 4.98 Å². The number of pyridine rings is 1. The number of aromatic nitrogens is 2. The molecule has 0 amide bonds. The van der Waals surface area contributed by atoms with Gasteiger partial charge in [0.1, 0.15) is 16.8 Å². The van der Waals surface area contributed by atoms with Crippen LogP contribution in [0.15, 0.2) is 114 Å². The summed E-state index contributed by atoms with van der Waals surface area (Å²) in [6, 6.07) is 38.8. The van der Waals surface area contributed by atoms with Crippen molar-refractivity contribution in [1.82, 2.24) is 9.38 Å². The molecule has 38 heavy (non-hydrogen) atoms. The van der Waals surface area contributed by atoms with Gasteiger partial charge in [0.05, 0.1) is 11.2 Å². The predicted molar refractivity (Wildman–Crippen MR) is 158 cm³/mol. The first-order valence-electron chi connectivity index (χ1n) is 13.0. The highest BCUT2D eigenvalue weighted by molar-refractivity contribution is 6.13. The molecule has 0 saturated carbocycles. The van der Waals surface area contributed by atoms with Crippen LogP contribution in [0.5, 0.6) is 0 Å². The largest absolute Gasteiger partial charge is 0.455 e. The summed E-state index contributed by atoms with van der Waals surface area (Å²) in [5.41, 5.74) is 10.9. The lowest BCUT2D eigenvalue weighted by Crippen LogP contribution is -1.94. The summed E-state index contributed by atoms with van der Waals surface area (Å²) in [5.74, 6) is 0. The van der Waals surface area contributed by atoms with Crippen molar-refractivity contribution < 1.29 is 4.42 Å². The van der Waals surface area contributed by atoms with Crippen LogP contribution < -0.4 is 0 Å². The highest BCUT2D eigenvalue weighted by Gasteiger charge is 2.15. The molecule has 0 aliphatic heterocycles. The molecule has 3 nitrogen and oxygen atoms in total. The Bertz CT molecular complexity index is 2210. The second-order valence-corrected chi connectivity index (χ2v) is 10.1. The minimum absolute atomic E-state index is 0.920. The van der Waals surface area contributed by atoms with Crippen molar-refractivity contribution >= 4 is 49.3 Å². The Balaban J connectivity index is 1.35. The molecule has 0 saturated heterocycles. The third kappa shape index (κ3) is 2.93.